The normalized spacial score (nSPS) is 19.7. The molecule has 0 aliphatic carbocycles. The van der Waals surface area contributed by atoms with Crippen molar-refractivity contribution in [3.8, 4) is 5.75 Å². The number of hydrogen-bond acceptors (Lipinski definition) is 4. The van der Waals surface area contributed by atoms with Crippen molar-refractivity contribution in [1.82, 2.24) is 4.31 Å². The van der Waals surface area contributed by atoms with E-state index >= 15 is 0 Å². The largest absolute Gasteiger partial charge is 0.508 e. The van der Waals surface area contributed by atoms with Gasteiger partial charge in [0.1, 0.15) is 5.75 Å². The van der Waals surface area contributed by atoms with Gasteiger partial charge in [-0.05, 0) is 29.8 Å². The molecule has 0 saturated carbocycles. The predicted octanol–water partition coefficient (Wildman–Crippen LogP) is 2.83. The van der Waals surface area contributed by atoms with Gasteiger partial charge in [0.05, 0.1) is 10.3 Å². The Hall–Kier alpha value is -1.50. The van der Waals surface area contributed by atoms with Crippen LogP contribution >= 0.6 is 11.8 Å². The van der Waals surface area contributed by atoms with Gasteiger partial charge in [-0.3, -0.25) is 0 Å². The van der Waals surface area contributed by atoms with Crippen LogP contribution in [0.1, 0.15) is 10.9 Å². The third-order valence-electron chi connectivity index (χ3n) is 3.38. The standard InChI is InChI=1S/C15H15NO3S2/c17-13-8-6-12(7-9-13)15-16(10-11-20-15)21(18,19)14-4-2-1-3-5-14/h1-9,15,17H,10-11H2. The zero-order valence-electron chi connectivity index (χ0n) is 11.2. The minimum Gasteiger partial charge on any atom is -0.508 e. The highest BCUT2D eigenvalue weighted by Crippen LogP contribution is 2.41. The molecule has 1 fully saturated rings. The molecule has 1 aliphatic rings. The number of nitrogens with zero attached hydrogens (tertiary/aromatic N) is 1. The summed E-state index contributed by atoms with van der Waals surface area (Å²) in [7, 11) is -3.50. The number of phenolic OH excluding ortho intramolecular Hbond substituents is 1. The van der Waals surface area contributed by atoms with Gasteiger partial charge >= 0.3 is 0 Å². The molecule has 1 N–H and O–H groups in total. The summed E-state index contributed by atoms with van der Waals surface area (Å²) < 4.78 is 27.0. The Morgan fingerprint density at radius 3 is 2.38 bits per heavy atom. The molecule has 1 saturated heterocycles. The summed E-state index contributed by atoms with van der Waals surface area (Å²) in [6.07, 6.45) is 0. The van der Waals surface area contributed by atoms with Gasteiger partial charge in [0.25, 0.3) is 0 Å². The first-order chi connectivity index (χ1) is 10.1. The van der Waals surface area contributed by atoms with Crippen LogP contribution in [-0.2, 0) is 10.0 Å². The van der Waals surface area contributed by atoms with Gasteiger partial charge in [-0.15, -0.1) is 11.8 Å². The maximum atomic E-state index is 12.7. The average Bonchev–Trinajstić information content (AvgIpc) is 2.99. The maximum absolute atomic E-state index is 12.7. The molecule has 0 radical (unpaired) electrons. The molecule has 2 aromatic rings. The zero-order chi connectivity index (χ0) is 14.9. The lowest BCUT2D eigenvalue weighted by Crippen LogP contribution is -2.30. The molecule has 110 valence electrons. The minimum atomic E-state index is -3.50. The monoisotopic (exact) mass is 321 g/mol. The predicted molar refractivity (Wildman–Crippen MR) is 83.6 cm³/mol. The molecule has 4 nitrogen and oxygen atoms in total. The van der Waals surface area contributed by atoms with E-state index in [4.69, 9.17) is 0 Å². The van der Waals surface area contributed by atoms with Gasteiger partial charge in [-0.25, -0.2) is 8.42 Å². The van der Waals surface area contributed by atoms with Crippen LogP contribution < -0.4 is 0 Å². The third-order valence-corrected chi connectivity index (χ3v) is 6.65. The highest BCUT2D eigenvalue weighted by atomic mass is 32.2. The summed E-state index contributed by atoms with van der Waals surface area (Å²) in [5.74, 6) is 0.941. The van der Waals surface area contributed by atoms with E-state index in [2.05, 4.69) is 0 Å². The average molecular weight is 321 g/mol. The lowest BCUT2D eigenvalue weighted by molar-refractivity contribution is 0.433. The number of aromatic hydroxyl groups is 1. The van der Waals surface area contributed by atoms with Crippen LogP contribution in [0.5, 0.6) is 5.75 Å². The molecular weight excluding hydrogens is 306 g/mol. The van der Waals surface area contributed by atoms with Gasteiger partial charge in [0.15, 0.2) is 0 Å². The fourth-order valence-electron chi connectivity index (χ4n) is 2.33. The number of rotatable bonds is 3. The van der Waals surface area contributed by atoms with E-state index in [0.717, 1.165) is 11.3 Å². The molecule has 0 amide bonds. The molecule has 1 unspecified atom stereocenters. The fraction of sp³-hybridized carbons (Fsp3) is 0.200. The topological polar surface area (TPSA) is 57.6 Å². The quantitative estimate of drug-likeness (QED) is 0.944. The maximum Gasteiger partial charge on any atom is 0.244 e. The summed E-state index contributed by atoms with van der Waals surface area (Å²) in [6, 6.07) is 15.2. The highest BCUT2D eigenvalue weighted by Gasteiger charge is 2.36. The summed E-state index contributed by atoms with van der Waals surface area (Å²) in [6.45, 7) is 0.493. The van der Waals surface area contributed by atoms with Crippen molar-refractivity contribution in [2.75, 3.05) is 12.3 Å². The van der Waals surface area contributed by atoms with Crippen LogP contribution in [0.25, 0.3) is 0 Å². The number of sulfonamides is 1. The minimum absolute atomic E-state index is 0.180. The summed E-state index contributed by atoms with van der Waals surface area (Å²) in [4.78, 5) is 0.316. The lowest BCUT2D eigenvalue weighted by Gasteiger charge is -2.23. The Kier molecular flexibility index (Phi) is 3.93. The van der Waals surface area contributed by atoms with E-state index in [1.807, 2.05) is 0 Å². The van der Waals surface area contributed by atoms with Crippen LogP contribution in [0.3, 0.4) is 0 Å². The molecule has 3 rings (SSSR count). The Bertz CT molecular complexity index is 714. The molecule has 1 aliphatic heterocycles. The zero-order valence-corrected chi connectivity index (χ0v) is 12.8. The second-order valence-corrected chi connectivity index (χ2v) is 7.82. The molecule has 1 heterocycles. The van der Waals surface area contributed by atoms with Crippen molar-refractivity contribution >= 4 is 21.8 Å². The van der Waals surface area contributed by atoms with E-state index in [1.165, 1.54) is 4.31 Å². The van der Waals surface area contributed by atoms with E-state index in [1.54, 1.807) is 66.4 Å². The first-order valence-electron chi connectivity index (χ1n) is 6.56. The number of phenols is 1. The third kappa shape index (κ3) is 2.79. The van der Waals surface area contributed by atoms with Crippen LogP contribution in [0.2, 0.25) is 0 Å². The van der Waals surface area contributed by atoms with Crippen LogP contribution in [0.15, 0.2) is 59.5 Å². The molecule has 0 aromatic heterocycles. The van der Waals surface area contributed by atoms with Gasteiger partial charge in [-0.1, -0.05) is 30.3 Å². The van der Waals surface area contributed by atoms with E-state index in [9.17, 15) is 13.5 Å². The smallest absolute Gasteiger partial charge is 0.244 e. The molecule has 21 heavy (non-hydrogen) atoms. The van der Waals surface area contributed by atoms with Crippen LogP contribution in [0, 0.1) is 0 Å². The molecular formula is C15H15NO3S2. The van der Waals surface area contributed by atoms with Gasteiger partial charge in [0.2, 0.25) is 10.0 Å². The van der Waals surface area contributed by atoms with Crippen molar-refractivity contribution in [3.05, 3.63) is 60.2 Å². The molecule has 0 spiro atoms. The Morgan fingerprint density at radius 1 is 1.05 bits per heavy atom. The second-order valence-electron chi connectivity index (χ2n) is 4.74. The SMILES string of the molecule is O=S(=O)(c1ccccc1)N1CCSC1c1ccc(O)cc1. The van der Waals surface area contributed by atoms with E-state index < -0.39 is 10.0 Å². The van der Waals surface area contributed by atoms with Crippen LogP contribution in [0.4, 0.5) is 0 Å². The van der Waals surface area contributed by atoms with Gasteiger partial charge in [-0.2, -0.15) is 4.31 Å². The molecule has 0 bridgehead atoms. The number of hydrogen-bond donors (Lipinski definition) is 1. The van der Waals surface area contributed by atoms with E-state index in [-0.39, 0.29) is 11.1 Å². The van der Waals surface area contributed by atoms with Crippen molar-refractivity contribution in [2.45, 2.75) is 10.3 Å². The Morgan fingerprint density at radius 2 is 1.71 bits per heavy atom. The highest BCUT2D eigenvalue weighted by molar-refractivity contribution is 8.01. The summed E-state index contributed by atoms with van der Waals surface area (Å²) in [5, 5.41) is 9.12. The van der Waals surface area contributed by atoms with Crippen molar-refractivity contribution in [1.29, 1.82) is 0 Å². The van der Waals surface area contributed by atoms with Crippen molar-refractivity contribution in [2.24, 2.45) is 0 Å². The number of benzene rings is 2. The summed E-state index contributed by atoms with van der Waals surface area (Å²) in [5.41, 5.74) is 0.884. The Labute approximate surface area is 128 Å². The number of thioether (sulfide) groups is 1. The first kappa shape index (κ1) is 14.4. The van der Waals surface area contributed by atoms with Gasteiger partial charge in [0, 0.05) is 12.3 Å². The molecule has 2 aromatic carbocycles. The first-order valence-corrected chi connectivity index (χ1v) is 9.05. The fourth-order valence-corrected chi connectivity index (χ4v) is 5.59. The van der Waals surface area contributed by atoms with Crippen LogP contribution in [-0.4, -0.2) is 30.1 Å². The second kappa shape index (κ2) is 5.71. The van der Waals surface area contributed by atoms with Crippen molar-refractivity contribution < 1.29 is 13.5 Å². The van der Waals surface area contributed by atoms with Gasteiger partial charge < -0.3 is 5.11 Å². The lowest BCUT2D eigenvalue weighted by atomic mass is 10.2. The Balaban J connectivity index is 1.96. The van der Waals surface area contributed by atoms with Crippen molar-refractivity contribution in [3.63, 3.8) is 0 Å². The molecule has 1 atom stereocenters. The summed E-state index contributed by atoms with van der Waals surface area (Å²) >= 11 is 1.60. The van der Waals surface area contributed by atoms with E-state index in [0.29, 0.717) is 11.4 Å². The molecule has 6 heteroatoms.